The van der Waals surface area contributed by atoms with Crippen LogP contribution in [0.3, 0.4) is 0 Å². The zero-order valence-corrected chi connectivity index (χ0v) is 11.8. The van der Waals surface area contributed by atoms with Crippen LogP contribution in [0, 0.1) is 0 Å². The van der Waals surface area contributed by atoms with Crippen LogP contribution in [0.2, 0.25) is 0 Å². The Morgan fingerprint density at radius 2 is 1.74 bits per heavy atom. The Morgan fingerprint density at radius 3 is 2.42 bits per heavy atom. The minimum atomic E-state index is 0.363. The molecule has 1 atom stereocenters. The summed E-state index contributed by atoms with van der Waals surface area (Å²) in [6.45, 7) is 4.39. The Labute approximate surface area is 115 Å². The fourth-order valence-electron chi connectivity index (χ4n) is 2.38. The van der Waals surface area contributed by atoms with E-state index in [0.717, 1.165) is 24.8 Å². The summed E-state index contributed by atoms with van der Waals surface area (Å²) >= 11 is 0. The SMILES string of the molecule is CCCCc1cc(C(C)c2ccccc2)ccc1O. The molecular weight excluding hydrogens is 232 g/mol. The van der Waals surface area contributed by atoms with E-state index >= 15 is 0 Å². The summed E-state index contributed by atoms with van der Waals surface area (Å²) in [7, 11) is 0. The number of phenols is 1. The van der Waals surface area contributed by atoms with E-state index in [-0.39, 0.29) is 0 Å². The van der Waals surface area contributed by atoms with E-state index in [1.807, 2.05) is 18.2 Å². The smallest absolute Gasteiger partial charge is 0.118 e. The van der Waals surface area contributed by atoms with E-state index in [0.29, 0.717) is 11.7 Å². The van der Waals surface area contributed by atoms with Crippen molar-refractivity contribution in [2.24, 2.45) is 0 Å². The maximum atomic E-state index is 9.91. The van der Waals surface area contributed by atoms with Gasteiger partial charge < -0.3 is 5.11 Å². The van der Waals surface area contributed by atoms with Gasteiger partial charge >= 0.3 is 0 Å². The maximum Gasteiger partial charge on any atom is 0.118 e. The van der Waals surface area contributed by atoms with Gasteiger partial charge in [0.1, 0.15) is 5.75 Å². The highest BCUT2D eigenvalue weighted by Gasteiger charge is 2.10. The third-order valence-electron chi connectivity index (χ3n) is 3.70. The van der Waals surface area contributed by atoms with Crippen LogP contribution in [0.15, 0.2) is 48.5 Å². The van der Waals surface area contributed by atoms with Crippen LogP contribution >= 0.6 is 0 Å². The largest absolute Gasteiger partial charge is 0.508 e. The van der Waals surface area contributed by atoms with Crippen LogP contribution < -0.4 is 0 Å². The highest BCUT2D eigenvalue weighted by molar-refractivity contribution is 5.40. The molecule has 0 aliphatic heterocycles. The van der Waals surface area contributed by atoms with Crippen molar-refractivity contribution < 1.29 is 5.11 Å². The molecule has 0 aromatic heterocycles. The molecule has 1 unspecified atom stereocenters. The first-order chi connectivity index (χ1) is 9.22. The average molecular weight is 254 g/mol. The molecular formula is C18H22O. The molecule has 0 amide bonds. The first kappa shape index (κ1) is 13.7. The summed E-state index contributed by atoms with van der Waals surface area (Å²) in [6, 6.07) is 16.5. The van der Waals surface area contributed by atoms with E-state index < -0.39 is 0 Å². The molecule has 0 radical (unpaired) electrons. The second-order valence-electron chi connectivity index (χ2n) is 5.12. The number of rotatable bonds is 5. The van der Waals surface area contributed by atoms with Crippen molar-refractivity contribution in [3.63, 3.8) is 0 Å². The van der Waals surface area contributed by atoms with Gasteiger partial charge in [-0.15, -0.1) is 0 Å². The second kappa shape index (κ2) is 6.42. The molecule has 1 N–H and O–H groups in total. The van der Waals surface area contributed by atoms with Crippen molar-refractivity contribution in [3.8, 4) is 5.75 Å². The summed E-state index contributed by atoms with van der Waals surface area (Å²) in [4.78, 5) is 0. The van der Waals surface area contributed by atoms with Gasteiger partial charge in [0, 0.05) is 5.92 Å². The van der Waals surface area contributed by atoms with E-state index in [1.54, 1.807) is 0 Å². The summed E-state index contributed by atoms with van der Waals surface area (Å²) in [6.07, 6.45) is 3.23. The monoisotopic (exact) mass is 254 g/mol. The van der Waals surface area contributed by atoms with Gasteiger partial charge in [0.25, 0.3) is 0 Å². The Kier molecular flexibility index (Phi) is 4.62. The number of aryl methyl sites for hydroxylation is 1. The summed E-state index contributed by atoms with van der Waals surface area (Å²) < 4.78 is 0. The molecule has 0 aliphatic rings. The number of unbranched alkanes of at least 4 members (excludes halogenated alkanes) is 1. The normalized spacial score (nSPS) is 12.3. The summed E-state index contributed by atoms with van der Waals surface area (Å²) in [5.74, 6) is 0.791. The number of benzene rings is 2. The molecule has 0 saturated carbocycles. The lowest BCUT2D eigenvalue weighted by Crippen LogP contribution is -1.97. The quantitative estimate of drug-likeness (QED) is 0.805. The van der Waals surface area contributed by atoms with Gasteiger partial charge in [-0.25, -0.2) is 0 Å². The lowest BCUT2D eigenvalue weighted by molar-refractivity contribution is 0.466. The van der Waals surface area contributed by atoms with Crippen molar-refractivity contribution in [1.82, 2.24) is 0 Å². The predicted molar refractivity (Wildman–Crippen MR) is 80.7 cm³/mol. The second-order valence-corrected chi connectivity index (χ2v) is 5.12. The predicted octanol–water partition coefficient (Wildman–Crippen LogP) is 4.89. The molecule has 100 valence electrons. The molecule has 2 aromatic carbocycles. The van der Waals surface area contributed by atoms with Gasteiger partial charge in [0.15, 0.2) is 0 Å². The van der Waals surface area contributed by atoms with Crippen molar-refractivity contribution in [3.05, 3.63) is 65.2 Å². The van der Waals surface area contributed by atoms with Crippen LogP contribution in [0.1, 0.15) is 49.3 Å². The molecule has 0 bridgehead atoms. The molecule has 2 rings (SSSR count). The summed E-state index contributed by atoms with van der Waals surface area (Å²) in [5.41, 5.74) is 3.66. The van der Waals surface area contributed by atoms with E-state index in [4.69, 9.17) is 0 Å². The lowest BCUT2D eigenvalue weighted by atomic mass is 9.91. The van der Waals surface area contributed by atoms with Crippen LogP contribution in [-0.4, -0.2) is 5.11 Å². The highest BCUT2D eigenvalue weighted by Crippen LogP contribution is 2.28. The van der Waals surface area contributed by atoms with E-state index in [1.165, 1.54) is 11.1 Å². The number of aromatic hydroxyl groups is 1. The molecule has 0 fully saturated rings. The molecule has 0 heterocycles. The number of hydrogen-bond donors (Lipinski definition) is 1. The highest BCUT2D eigenvalue weighted by atomic mass is 16.3. The van der Waals surface area contributed by atoms with Crippen molar-refractivity contribution in [2.45, 2.75) is 39.0 Å². The Morgan fingerprint density at radius 1 is 1.00 bits per heavy atom. The van der Waals surface area contributed by atoms with Gasteiger partial charge in [0.2, 0.25) is 0 Å². The fraction of sp³-hybridized carbons (Fsp3) is 0.333. The first-order valence-electron chi connectivity index (χ1n) is 7.09. The third-order valence-corrected chi connectivity index (χ3v) is 3.70. The average Bonchev–Trinajstić information content (AvgIpc) is 2.46. The molecule has 0 saturated heterocycles. The van der Waals surface area contributed by atoms with E-state index in [2.05, 4.69) is 44.2 Å². The lowest BCUT2D eigenvalue weighted by Gasteiger charge is -2.14. The summed E-state index contributed by atoms with van der Waals surface area (Å²) in [5, 5.41) is 9.91. The number of hydrogen-bond acceptors (Lipinski definition) is 1. The Balaban J connectivity index is 2.25. The van der Waals surface area contributed by atoms with Crippen LogP contribution in [0.4, 0.5) is 0 Å². The van der Waals surface area contributed by atoms with Gasteiger partial charge in [-0.3, -0.25) is 0 Å². The standard InChI is InChI=1S/C18H22O/c1-3-4-8-17-13-16(11-12-18(17)19)14(2)15-9-6-5-7-10-15/h5-7,9-14,19H,3-4,8H2,1-2H3. The van der Waals surface area contributed by atoms with Gasteiger partial charge in [-0.2, -0.15) is 0 Å². The van der Waals surface area contributed by atoms with Crippen molar-refractivity contribution >= 4 is 0 Å². The number of phenolic OH excluding ortho intramolecular Hbond substituents is 1. The van der Waals surface area contributed by atoms with Crippen LogP contribution in [-0.2, 0) is 6.42 Å². The maximum absolute atomic E-state index is 9.91. The molecule has 1 heteroatoms. The first-order valence-corrected chi connectivity index (χ1v) is 7.09. The zero-order valence-electron chi connectivity index (χ0n) is 11.8. The molecule has 1 nitrogen and oxygen atoms in total. The van der Waals surface area contributed by atoms with Crippen LogP contribution in [0.5, 0.6) is 5.75 Å². The minimum Gasteiger partial charge on any atom is -0.508 e. The zero-order chi connectivity index (χ0) is 13.7. The van der Waals surface area contributed by atoms with Crippen LogP contribution in [0.25, 0.3) is 0 Å². The minimum absolute atomic E-state index is 0.363. The fourth-order valence-corrected chi connectivity index (χ4v) is 2.38. The molecule has 19 heavy (non-hydrogen) atoms. The molecule has 2 aromatic rings. The van der Waals surface area contributed by atoms with Gasteiger partial charge in [-0.1, -0.05) is 62.7 Å². The van der Waals surface area contributed by atoms with Crippen molar-refractivity contribution in [2.75, 3.05) is 0 Å². The Bertz CT molecular complexity index is 516. The van der Waals surface area contributed by atoms with Gasteiger partial charge in [0.05, 0.1) is 0 Å². The van der Waals surface area contributed by atoms with E-state index in [9.17, 15) is 5.11 Å². The molecule has 0 spiro atoms. The van der Waals surface area contributed by atoms with Crippen molar-refractivity contribution in [1.29, 1.82) is 0 Å². The van der Waals surface area contributed by atoms with Gasteiger partial charge in [-0.05, 0) is 35.6 Å². The molecule has 0 aliphatic carbocycles. The topological polar surface area (TPSA) is 20.2 Å². The third kappa shape index (κ3) is 3.37. The Hall–Kier alpha value is -1.76.